The number of para-hydroxylation sites is 2. The summed E-state index contributed by atoms with van der Waals surface area (Å²) in [5, 5.41) is 17.7. The van der Waals surface area contributed by atoms with Crippen LogP contribution in [0, 0.1) is 10.1 Å². The van der Waals surface area contributed by atoms with E-state index in [1.807, 2.05) is 0 Å². The van der Waals surface area contributed by atoms with Crippen LogP contribution in [0.1, 0.15) is 23.0 Å². The topological polar surface area (TPSA) is 116 Å². The SMILES string of the molecule is CCOC(=O)c1ccn(-c2ccccc2NC(=O)/C=C/c2ccc([N+](=O)[O-])cc2)n1. The highest BCUT2D eigenvalue weighted by Crippen LogP contribution is 2.20. The van der Waals surface area contributed by atoms with Crippen LogP contribution in [0.25, 0.3) is 11.8 Å². The lowest BCUT2D eigenvalue weighted by Gasteiger charge is -2.09. The molecule has 0 unspecified atom stereocenters. The largest absolute Gasteiger partial charge is 0.461 e. The fourth-order valence-electron chi connectivity index (χ4n) is 2.60. The second kappa shape index (κ2) is 9.28. The van der Waals surface area contributed by atoms with Gasteiger partial charge in [-0.2, -0.15) is 5.10 Å². The molecule has 0 aliphatic rings. The Morgan fingerprint density at radius 1 is 1.17 bits per heavy atom. The minimum atomic E-state index is -0.524. The first kappa shape index (κ1) is 20.5. The molecule has 0 radical (unpaired) electrons. The highest BCUT2D eigenvalue weighted by molar-refractivity contribution is 6.03. The summed E-state index contributed by atoms with van der Waals surface area (Å²) in [6.45, 7) is 1.96. The molecule has 2 aromatic carbocycles. The number of non-ortho nitro benzene ring substituents is 1. The first-order valence-corrected chi connectivity index (χ1v) is 9.03. The summed E-state index contributed by atoms with van der Waals surface area (Å²) in [5.41, 5.74) is 1.86. The Morgan fingerprint density at radius 2 is 1.90 bits per heavy atom. The third kappa shape index (κ3) is 4.96. The van der Waals surface area contributed by atoms with Gasteiger partial charge < -0.3 is 10.1 Å². The minimum Gasteiger partial charge on any atom is -0.461 e. The summed E-state index contributed by atoms with van der Waals surface area (Å²) < 4.78 is 6.41. The summed E-state index contributed by atoms with van der Waals surface area (Å²) in [6.07, 6.45) is 4.48. The molecule has 0 saturated heterocycles. The van der Waals surface area contributed by atoms with Gasteiger partial charge in [-0.1, -0.05) is 12.1 Å². The third-order valence-corrected chi connectivity index (χ3v) is 4.01. The van der Waals surface area contributed by atoms with Gasteiger partial charge in [0.15, 0.2) is 5.69 Å². The van der Waals surface area contributed by atoms with E-state index in [0.717, 1.165) is 0 Å². The molecule has 0 spiro atoms. The van der Waals surface area contributed by atoms with Gasteiger partial charge in [0.2, 0.25) is 5.91 Å². The molecule has 1 heterocycles. The van der Waals surface area contributed by atoms with Crippen molar-refractivity contribution in [3.8, 4) is 5.69 Å². The average Bonchev–Trinajstić information content (AvgIpc) is 3.23. The fourth-order valence-corrected chi connectivity index (χ4v) is 2.60. The number of ether oxygens (including phenoxy) is 1. The number of carbonyl (C=O) groups is 2. The molecule has 0 atom stereocenters. The second-order valence-electron chi connectivity index (χ2n) is 6.05. The van der Waals surface area contributed by atoms with Crippen molar-refractivity contribution in [2.45, 2.75) is 6.92 Å². The number of hydrogen-bond donors (Lipinski definition) is 1. The van der Waals surface area contributed by atoms with Crippen molar-refractivity contribution in [3.63, 3.8) is 0 Å². The molecule has 3 rings (SSSR count). The number of rotatable bonds is 7. The normalized spacial score (nSPS) is 10.7. The third-order valence-electron chi connectivity index (χ3n) is 4.01. The first-order valence-electron chi connectivity index (χ1n) is 9.03. The number of nitrogens with zero attached hydrogens (tertiary/aromatic N) is 3. The van der Waals surface area contributed by atoms with E-state index in [4.69, 9.17) is 4.74 Å². The highest BCUT2D eigenvalue weighted by atomic mass is 16.6. The highest BCUT2D eigenvalue weighted by Gasteiger charge is 2.13. The molecule has 0 saturated carbocycles. The van der Waals surface area contributed by atoms with Crippen molar-refractivity contribution in [2.24, 2.45) is 0 Å². The summed E-state index contributed by atoms with van der Waals surface area (Å²) >= 11 is 0. The zero-order valence-electron chi connectivity index (χ0n) is 16.0. The molecule has 0 fully saturated rings. The van der Waals surface area contributed by atoms with Crippen molar-refractivity contribution in [1.82, 2.24) is 9.78 Å². The number of esters is 1. The lowest BCUT2D eigenvalue weighted by atomic mass is 10.2. The minimum absolute atomic E-state index is 0.0214. The zero-order chi connectivity index (χ0) is 21.5. The van der Waals surface area contributed by atoms with Crippen LogP contribution in [-0.2, 0) is 9.53 Å². The van der Waals surface area contributed by atoms with E-state index in [1.54, 1.807) is 55.6 Å². The number of amides is 1. The molecule has 9 nitrogen and oxygen atoms in total. The number of nitro benzene ring substituents is 1. The van der Waals surface area contributed by atoms with E-state index in [9.17, 15) is 19.7 Å². The Kier molecular flexibility index (Phi) is 6.33. The molecule has 0 aliphatic heterocycles. The number of nitro groups is 1. The maximum absolute atomic E-state index is 12.3. The van der Waals surface area contributed by atoms with E-state index in [0.29, 0.717) is 16.9 Å². The smallest absolute Gasteiger partial charge is 0.358 e. The lowest BCUT2D eigenvalue weighted by Crippen LogP contribution is -2.11. The van der Waals surface area contributed by atoms with Gasteiger partial charge in [-0.05, 0) is 48.9 Å². The quantitative estimate of drug-likeness (QED) is 0.277. The Balaban J connectivity index is 1.73. The molecular formula is C21H18N4O5. The Hall–Kier alpha value is -4.27. The van der Waals surface area contributed by atoms with Crippen LogP contribution in [0.4, 0.5) is 11.4 Å². The number of carbonyl (C=O) groups excluding carboxylic acids is 2. The zero-order valence-corrected chi connectivity index (χ0v) is 16.0. The standard InChI is InChI=1S/C21H18N4O5/c1-2-30-21(27)18-13-14-24(23-18)19-6-4-3-5-17(19)22-20(26)12-9-15-7-10-16(11-8-15)25(28)29/h3-14H,2H2,1H3,(H,22,26)/b12-9+. The van der Waals surface area contributed by atoms with Crippen LogP contribution < -0.4 is 5.32 Å². The molecule has 1 N–H and O–H groups in total. The number of nitrogens with one attached hydrogen (secondary N) is 1. The summed E-state index contributed by atoms with van der Waals surface area (Å²) in [4.78, 5) is 34.4. The van der Waals surface area contributed by atoms with E-state index >= 15 is 0 Å². The maximum Gasteiger partial charge on any atom is 0.358 e. The van der Waals surface area contributed by atoms with Crippen molar-refractivity contribution in [2.75, 3.05) is 11.9 Å². The maximum atomic E-state index is 12.3. The predicted octanol–water partition coefficient (Wildman–Crippen LogP) is 3.61. The van der Waals surface area contributed by atoms with E-state index in [2.05, 4.69) is 10.4 Å². The van der Waals surface area contributed by atoms with Gasteiger partial charge in [0, 0.05) is 24.4 Å². The molecular weight excluding hydrogens is 388 g/mol. The second-order valence-corrected chi connectivity index (χ2v) is 6.05. The molecule has 30 heavy (non-hydrogen) atoms. The molecule has 9 heteroatoms. The molecule has 1 aromatic heterocycles. The van der Waals surface area contributed by atoms with Crippen LogP contribution in [-0.4, -0.2) is 33.2 Å². The van der Waals surface area contributed by atoms with Gasteiger partial charge in [-0.15, -0.1) is 0 Å². The molecule has 152 valence electrons. The molecule has 0 aliphatic carbocycles. The Morgan fingerprint density at radius 3 is 2.60 bits per heavy atom. The van der Waals surface area contributed by atoms with Gasteiger partial charge in [-0.25, -0.2) is 9.48 Å². The number of hydrogen-bond acceptors (Lipinski definition) is 6. The van der Waals surface area contributed by atoms with Crippen LogP contribution >= 0.6 is 0 Å². The monoisotopic (exact) mass is 406 g/mol. The summed E-state index contributed by atoms with van der Waals surface area (Å²) in [6, 6.07) is 14.4. The van der Waals surface area contributed by atoms with Crippen LogP contribution in [0.3, 0.4) is 0 Å². The summed E-state index contributed by atoms with van der Waals surface area (Å²) in [5.74, 6) is -0.914. The number of anilines is 1. The van der Waals surface area contributed by atoms with Crippen molar-refractivity contribution in [3.05, 3.63) is 88.2 Å². The fraction of sp³-hybridized carbons (Fsp3) is 0.0952. The van der Waals surface area contributed by atoms with Crippen molar-refractivity contribution in [1.29, 1.82) is 0 Å². The van der Waals surface area contributed by atoms with E-state index in [1.165, 1.54) is 29.0 Å². The molecule has 0 bridgehead atoms. The van der Waals surface area contributed by atoms with Gasteiger partial charge in [-0.3, -0.25) is 14.9 Å². The van der Waals surface area contributed by atoms with Gasteiger partial charge in [0.25, 0.3) is 5.69 Å². The van der Waals surface area contributed by atoms with E-state index < -0.39 is 16.8 Å². The van der Waals surface area contributed by atoms with Crippen molar-refractivity contribution < 1.29 is 19.2 Å². The first-order chi connectivity index (χ1) is 14.5. The van der Waals surface area contributed by atoms with Crippen LogP contribution in [0.5, 0.6) is 0 Å². The predicted molar refractivity (Wildman–Crippen MR) is 110 cm³/mol. The van der Waals surface area contributed by atoms with Gasteiger partial charge >= 0.3 is 5.97 Å². The van der Waals surface area contributed by atoms with Gasteiger partial charge in [0.1, 0.15) is 0 Å². The van der Waals surface area contributed by atoms with Crippen molar-refractivity contribution >= 4 is 29.3 Å². The van der Waals surface area contributed by atoms with Crippen LogP contribution in [0.15, 0.2) is 66.9 Å². The van der Waals surface area contributed by atoms with E-state index in [-0.39, 0.29) is 18.0 Å². The Labute approximate surface area is 171 Å². The lowest BCUT2D eigenvalue weighted by molar-refractivity contribution is -0.384. The number of benzene rings is 2. The molecule has 1 amide bonds. The Bertz CT molecular complexity index is 1100. The van der Waals surface area contributed by atoms with Gasteiger partial charge in [0.05, 0.1) is 22.9 Å². The van der Waals surface area contributed by atoms with Crippen LogP contribution in [0.2, 0.25) is 0 Å². The number of aromatic nitrogens is 2. The molecule has 3 aromatic rings. The average molecular weight is 406 g/mol. The summed E-state index contributed by atoms with van der Waals surface area (Å²) in [7, 11) is 0.